The first-order chi connectivity index (χ1) is 15.2. The highest BCUT2D eigenvalue weighted by molar-refractivity contribution is 6.31. The molecule has 1 amide bonds. The molecule has 0 radical (unpaired) electrons. The number of ether oxygens (including phenoxy) is 1. The first-order valence-corrected chi connectivity index (χ1v) is 10.5. The summed E-state index contributed by atoms with van der Waals surface area (Å²) in [6.45, 7) is 1.70. The van der Waals surface area contributed by atoms with Crippen LogP contribution in [-0.2, 0) is 17.9 Å². The highest BCUT2D eigenvalue weighted by atomic mass is 35.5. The van der Waals surface area contributed by atoms with Gasteiger partial charge in [-0.2, -0.15) is 0 Å². The lowest BCUT2D eigenvalue weighted by atomic mass is 10.2. The third-order valence-corrected chi connectivity index (χ3v) is 5.36. The Morgan fingerprint density at radius 1 is 0.968 bits per heavy atom. The minimum Gasteiger partial charge on any atom is -0.489 e. The van der Waals surface area contributed by atoms with E-state index in [0.29, 0.717) is 18.2 Å². The third kappa shape index (κ3) is 5.56. The molecule has 0 aliphatic carbocycles. The molecule has 0 saturated carbocycles. The smallest absolute Gasteiger partial charge is 0.244 e. The van der Waals surface area contributed by atoms with Crippen LogP contribution in [0, 0.1) is 0 Å². The molecule has 0 aliphatic rings. The zero-order chi connectivity index (χ0) is 21.5. The second kappa shape index (κ2) is 10.0. The van der Waals surface area contributed by atoms with Gasteiger partial charge in [-0.05, 0) is 47.4 Å². The highest BCUT2D eigenvalue weighted by Crippen LogP contribution is 2.19. The van der Waals surface area contributed by atoms with Crippen LogP contribution >= 0.6 is 11.6 Å². The van der Waals surface area contributed by atoms with Crippen molar-refractivity contribution in [1.29, 1.82) is 0 Å². The fraction of sp³-hybridized carbons (Fsp3) is 0.115. The number of amides is 1. The molecule has 5 heteroatoms. The first kappa shape index (κ1) is 20.8. The maximum Gasteiger partial charge on any atom is 0.244 e. The Hall–Kier alpha value is -3.50. The van der Waals surface area contributed by atoms with Crippen LogP contribution in [0.1, 0.15) is 11.1 Å². The van der Waals surface area contributed by atoms with Gasteiger partial charge in [0.1, 0.15) is 12.4 Å². The summed E-state index contributed by atoms with van der Waals surface area (Å²) >= 11 is 6.15. The van der Waals surface area contributed by atoms with E-state index in [4.69, 9.17) is 16.3 Å². The van der Waals surface area contributed by atoms with E-state index in [9.17, 15) is 4.79 Å². The van der Waals surface area contributed by atoms with Gasteiger partial charge in [0, 0.05) is 41.5 Å². The van der Waals surface area contributed by atoms with Gasteiger partial charge in [0.15, 0.2) is 0 Å². The molecule has 31 heavy (non-hydrogen) atoms. The van der Waals surface area contributed by atoms with Crippen LogP contribution in [0.2, 0.25) is 5.02 Å². The minimum absolute atomic E-state index is 0.115. The van der Waals surface area contributed by atoms with Gasteiger partial charge in [-0.25, -0.2) is 0 Å². The van der Waals surface area contributed by atoms with Crippen molar-refractivity contribution in [3.8, 4) is 5.75 Å². The summed E-state index contributed by atoms with van der Waals surface area (Å²) in [7, 11) is 0. The molecule has 4 aromatic rings. The summed E-state index contributed by atoms with van der Waals surface area (Å²) in [5.41, 5.74) is 3.04. The zero-order valence-electron chi connectivity index (χ0n) is 17.0. The zero-order valence-corrected chi connectivity index (χ0v) is 17.8. The normalized spacial score (nSPS) is 11.1. The molecule has 0 bridgehead atoms. The molecule has 1 N–H and O–H groups in total. The average molecular weight is 431 g/mol. The minimum atomic E-state index is -0.115. The highest BCUT2D eigenvalue weighted by Gasteiger charge is 2.02. The SMILES string of the molecule is O=C(/C=C/c1ccc(OCc2ccccc2Cl)cc1)NCCn1ccc2ccccc21. The third-order valence-electron chi connectivity index (χ3n) is 4.99. The Bertz CT molecular complexity index is 1200. The second-order valence-electron chi connectivity index (χ2n) is 7.14. The number of carbonyl (C=O) groups excluding carboxylic acids is 1. The number of hydrogen-bond donors (Lipinski definition) is 1. The topological polar surface area (TPSA) is 43.3 Å². The predicted octanol–water partition coefficient (Wildman–Crippen LogP) is 5.70. The summed E-state index contributed by atoms with van der Waals surface area (Å²) in [6, 6.07) is 25.5. The van der Waals surface area contributed by atoms with Gasteiger partial charge in [0.25, 0.3) is 0 Å². The average Bonchev–Trinajstić information content (AvgIpc) is 3.21. The van der Waals surface area contributed by atoms with E-state index in [1.165, 1.54) is 10.9 Å². The van der Waals surface area contributed by atoms with E-state index in [0.717, 1.165) is 23.4 Å². The molecular weight excluding hydrogens is 408 g/mol. The summed E-state index contributed by atoms with van der Waals surface area (Å²) < 4.78 is 7.92. The van der Waals surface area contributed by atoms with E-state index in [-0.39, 0.29) is 5.91 Å². The van der Waals surface area contributed by atoms with E-state index in [1.807, 2.05) is 66.9 Å². The lowest BCUT2D eigenvalue weighted by molar-refractivity contribution is -0.116. The largest absolute Gasteiger partial charge is 0.489 e. The molecule has 3 aromatic carbocycles. The number of fused-ring (bicyclic) bond motifs is 1. The molecule has 156 valence electrons. The molecule has 0 fully saturated rings. The van der Waals surface area contributed by atoms with Crippen molar-refractivity contribution >= 4 is 34.5 Å². The molecular formula is C26H23ClN2O2. The number of benzene rings is 3. The van der Waals surface area contributed by atoms with Gasteiger partial charge in [-0.1, -0.05) is 60.1 Å². The number of nitrogens with zero attached hydrogens (tertiary/aromatic N) is 1. The Kier molecular flexibility index (Phi) is 6.70. The summed E-state index contributed by atoms with van der Waals surface area (Å²) in [6.07, 6.45) is 5.38. The standard InChI is InChI=1S/C26H23ClN2O2/c27-24-7-3-1-6-22(24)19-31-23-12-9-20(10-13-23)11-14-26(30)28-16-18-29-17-15-21-5-2-4-8-25(21)29/h1-15,17H,16,18-19H2,(H,28,30)/b14-11+. The van der Waals surface area contributed by atoms with Crippen LogP contribution in [0.15, 0.2) is 91.1 Å². The Balaban J connectivity index is 1.24. The van der Waals surface area contributed by atoms with Gasteiger partial charge in [-0.15, -0.1) is 0 Å². The number of aromatic nitrogens is 1. The summed E-state index contributed by atoms with van der Waals surface area (Å²) in [5, 5.41) is 4.82. The van der Waals surface area contributed by atoms with E-state index < -0.39 is 0 Å². The molecule has 0 aliphatic heterocycles. The molecule has 4 nitrogen and oxygen atoms in total. The first-order valence-electron chi connectivity index (χ1n) is 10.1. The fourth-order valence-corrected chi connectivity index (χ4v) is 3.51. The number of hydrogen-bond acceptors (Lipinski definition) is 2. The monoisotopic (exact) mass is 430 g/mol. The Labute approximate surface area is 186 Å². The predicted molar refractivity (Wildman–Crippen MR) is 126 cm³/mol. The number of nitrogens with one attached hydrogen (secondary N) is 1. The summed E-state index contributed by atoms with van der Waals surface area (Å²) in [5.74, 6) is 0.635. The maximum atomic E-state index is 12.1. The van der Waals surface area contributed by atoms with Crippen LogP contribution in [0.25, 0.3) is 17.0 Å². The second-order valence-corrected chi connectivity index (χ2v) is 7.55. The van der Waals surface area contributed by atoms with Gasteiger partial charge in [0.05, 0.1) is 0 Å². The van der Waals surface area contributed by atoms with Crippen molar-refractivity contribution in [2.24, 2.45) is 0 Å². The van der Waals surface area contributed by atoms with E-state index >= 15 is 0 Å². The Morgan fingerprint density at radius 3 is 2.58 bits per heavy atom. The molecule has 4 rings (SSSR count). The summed E-state index contributed by atoms with van der Waals surface area (Å²) in [4.78, 5) is 12.1. The maximum absolute atomic E-state index is 12.1. The number of para-hydroxylation sites is 1. The molecule has 0 spiro atoms. The lowest BCUT2D eigenvalue weighted by Crippen LogP contribution is -2.25. The van der Waals surface area contributed by atoms with Crippen LogP contribution in [0.3, 0.4) is 0 Å². The van der Waals surface area contributed by atoms with Crippen molar-refractivity contribution in [2.75, 3.05) is 6.54 Å². The molecule has 1 heterocycles. The number of halogens is 1. The molecule has 0 unspecified atom stereocenters. The van der Waals surface area contributed by atoms with Crippen LogP contribution in [-0.4, -0.2) is 17.0 Å². The van der Waals surface area contributed by atoms with E-state index in [1.54, 1.807) is 12.2 Å². The Morgan fingerprint density at radius 2 is 1.74 bits per heavy atom. The molecule has 1 aromatic heterocycles. The van der Waals surface area contributed by atoms with E-state index in [2.05, 4.69) is 28.1 Å². The van der Waals surface area contributed by atoms with Crippen molar-refractivity contribution in [3.05, 3.63) is 107 Å². The fourth-order valence-electron chi connectivity index (χ4n) is 3.32. The van der Waals surface area contributed by atoms with Gasteiger partial charge in [0.2, 0.25) is 5.91 Å². The number of carbonyl (C=O) groups is 1. The lowest BCUT2D eigenvalue weighted by Gasteiger charge is -2.08. The van der Waals surface area contributed by atoms with Crippen molar-refractivity contribution in [2.45, 2.75) is 13.2 Å². The number of rotatable bonds is 8. The van der Waals surface area contributed by atoms with Crippen molar-refractivity contribution in [3.63, 3.8) is 0 Å². The van der Waals surface area contributed by atoms with Crippen molar-refractivity contribution < 1.29 is 9.53 Å². The quantitative estimate of drug-likeness (QED) is 0.364. The molecule has 0 atom stereocenters. The van der Waals surface area contributed by atoms with Crippen molar-refractivity contribution in [1.82, 2.24) is 9.88 Å². The van der Waals surface area contributed by atoms with Crippen LogP contribution < -0.4 is 10.1 Å². The van der Waals surface area contributed by atoms with Gasteiger partial charge >= 0.3 is 0 Å². The van der Waals surface area contributed by atoms with Crippen LogP contribution in [0.4, 0.5) is 0 Å². The molecule has 0 saturated heterocycles. The van der Waals surface area contributed by atoms with Crippen LogP contribution in [0.5, 0.6) is 5.75 Å². The van der Waals surface area contributed by atoms with Gasteiger partial charge < -0.3 is 14.6 Å². The van der Waals surface area contributed by atoms with Gasteiger partial charge in [-0.3, -0.25) is 4.79 Å².